The Morgan fingerprint density at radius 2 is 1.94 bits per heavy atom. The topological polar surface area (TPSA) is 27.1 Å². The summed E-state index contributed by atoms with van der Waals surface area (Å²) in [6.07, 6.45) is 0. The van der Waals surface area contributed by atoms with Gasteiger partial charge in [0.15, 0.2) is 0 Å². The molecule has 1 aromatic heterocycles. The maximum Gasteiger partial charge on any atom is 0.215 e. The van der Waals surface area contributed by atoms with E-state index in [1.54, 1.807) is 0 Å². The molecule has 2 heterocycles. The molecular weight excluding hydrogens is 200 g/mol. The van der Waals surface area contributed by atoms with E-state index in [4.69, 9.17) is 9.84 Å². The predicted molar refractivity (Wildman–Crippen MR) is 64.9 cm³/mol. The first kappa shape index (κ1) is 11.5. The van der Waals surface area contributed by atoms with Crippen molar-refractivity contribution in [3.05, 3.63) is 11.3 Å². The summed E-state index contributed by atoms with van der Waals surface area (Å²) in [5, 5.41) is 4.71. The van der Waals surface area contributed by atoms with Crippen LogP contribution in [0, 0.1) is 12.3 Å². The van der Waals surface area contributed by atoms with Gasteiger partial charge in [-0.2, -0.15) is 5.10 Å². The molecule has 0 radical (unpaired) electrons. The summed E-state index contributed by atoms with van der Waals surface area (Å²) < 4.78 is 7.87. The van der Waals surface area contributed by atoms with Gasteiger partial charge in [0.2, 0.25) is 5.88 Å². The minimum absolute atomic E-state index is 0.0852. The van der Waals surface area contributed by atoms with Crippen LogP contribution in [0.15, 0.2) is 0 Å². The van der Waals surface area contributed by atoms with Crippen molar-refractivity contribution in [1.29, 1.82) is 0 Å². The molecule has 0 spiro atoms. The molecule has 0 atom stereocenters. The van der Waals surface area contributed by atoms with Crippen molar-refractivity contribution in [3.63, 3.8) is 0 Å². The zero-order valence-corrected chi connectivity index (χ0v) is 11.2. The van der Waals surface area contributed by atoms with Crippen LogP contribution in [-0.2, 0) is 12.0 Å². The predicted octanol–water partition coefficient (Wildman–Crippen LogP) is 2.91. The summed E-state index contributed by atoms with van der Waals surface area (Å²) in [7, 11) is 0. The highest BCUT2D eigenvalue weighted by atomic mass is 16.5. The highest BCUT2D eigenvalue weighted by Gasteiger charge is 2.32. The SMILES string of the molecule is Cc1c(C(C)(C)C)nn2c1OCC(C)(C)C2. The molecule has 90 valence electrons. The second-order valence-electron chi connectivity index (χ2n) is 6.64. The number of rotatable bonds is 0. The highest BCUT2D eigenvalue weighted by Crippen LogP contribution is 2.36. The lowest BCUT2D eigenvalue weighted by Crippen LogP contribution is -2.33. The maximum absolute atomic E-state index is 5.85. The Balaban J connectivity index is 2.46. The van der Waals surface area contributed by atoms with E-state index in [-0.39, 0.29) is 10.8 Å². The van der Waals surface area contributed by atoms with E-state index in [1.807, 2.05) is 4.68 Å². The molecule has 0 amide bonds. The average molecular weight is 222 g/mol. The van der Waals surface area contributed by atoms with E-state index in [0.29, 0.717) is 0 Å². The lowest BCUT2D eigenvalue weighted by molar-refractivity contribution is 0.0994. The van der Waals surface area contributed by atoms with E-state index in [2.05, 4.69) is 41.5 Å². The van der Waals surface area contributed by atoms with Crippen molar-refractivity contribution in [2.24, 2.45) is 5.41 Å². The van der Waals surface area contributed by atoms with Crippen LogP contribution in [0.25, 0.3) is 0 Å². The molecular formula is C13H22N2O. The summed E-state index contributed by atoms with van der Waals surface area (Å²) in [6, 6.07) is 0. The Kier molecular flexibility index (Phi) is 2.34. The third kappa shape index (κ3) is 1.83. The van der Waals surface area contributed by atoms with Gasteiger partial charge in [0.25, 0.3) is 0 Å². The summed E-state index contributed by atoms with van der Waals surface area (Å²) in [4.78, 5) is 0. The molecule has 0 N–H and O–H groups in total. The number of ether oxygens (including phenoxy) is 1. The summed E-state index contributed by atoms with van der Waals surface area (Å²) in [5.74, 6) is 0.962. The fraction of sp³-hybridized carbons (Fsp3) is 0.769. The van der Waals surface area contributed by atoms with Crippen molar-refractivity contribution in [1.82, 2.24) is 9.78 Å². The van der Waals surface area contributed by atoms with Gasteiger partial charge in [0, 0.05) is 16.4 Å². The lowest BCUT2D eigenvalue weighted by atomic mass is 9.90. The first-order valence-electron chi connectivity index (χ1n) is 5.91. The zero-order chi connectivity index (χ0) is 12.1. The van der Waals surface area contributed by atoms with Crippen LogP contribution < -0.4 is 4.74 Å². The molecule has 0 bridgehead atoms. The fourth-order valence-electron chi connectivity index (χ4n) is 2.25. The molecule has 1 aliphatic heterocycles. The van der Waals surface area contributed by atoms with Crippen molar-refractivity contribution >= 4 is 0 Å². The Hall–Kier alpha value is -0.990. The monoisotopic (exact) mass is 222 g/mol. The maximum atomic E-state index is 5.85. The minimum atomic E-state index is 0.0852. The molecule has 3 nitrogen and oxygen atoms in total. The number of hydrogen-bond donors (Lipinski definition) is 0. The van der Waals surface area contributed by atoms with Crippen LogP contribution in [0.5, 0.6) is 5.88 Å². The van der Waals surface area contributed by atoms with Crippen molar-refractivity contribution < 1.29 is 4.74 Å². The standard InChI is InChI=1S/C13H22N2O/c1-9-10(12(2,3)4)14-15-7-13(5,6)8-16-11(9)15/h7-8H2,1-6H3. The summed E-state index contributed by atoms with van der Waals surface area (Å²) >= 11 is 0. The summed E-state index contributed by atoms with van der Waals surface area (Å²) in [5.41, 5.74) is 2.62. The number of aromatic nitrogens is 2. The van der Waals surface area contributed by atoms with E-state index in [9.17, 15) is 0 Å². The Morgan fingerprint density at radius 3 is 2.50 bits per heavy atom. The van der Waals surface area contributed by atoms with E-state index in [1.165, 1.54) is 5.56 Å². The smallest absolute Gasteiger partial charge is 0.215 e. The quantitative estimate of drug-likeness (QED) is 0.675. The normalized spacial score (nSPS) is 19.1. The Labute approximate surface area is 97.8 Å². The summed E-state index contributed by atoms with van der Waals surface area (Å²) in [6.45, 7) is 14.8. The van der Waals surface area contributed by atoms with Crippen LogP contribution >= 0.6 is 0 Å². The van der Waals surface area contributed by atoms with Crippen LogP contribution in [-0.4, -0.2) is 16.4 Å². The highest BCUT2D eigenvalue weighted by molar-refractivity contribution is 5.35. The number of hydrogen-bond acceptors (Lipinski definition) is 2. The van der Waals surface area contributed by atoms with Gasteiger partial charge in [-0.1, -0.05) is 34.6 Å². The van der Waals surface area contributed by atoms with Crippen molar-refractivity contribution in [2.75, 3.05) is 6.61 Å². The third-order valence-corrected chi connectivity index (χ3v) is 3.02. The van der Waals surface area contributed by atoms with Gasteiger partial charge < -0.3 is 4.74 Å². The Bertz CT molecular complexity index is 410. The van der Waals surface area contributed by atoms with Gasteiger partial charge in [0.1, 0.15) is 0 Å². The average Bonchev–Trinajstić information content (AvgIpc) is 2.40. The number of nitrogens with zero attached hydrogens (tertiary/aromatic N) is 2. The molecule has 0 unspecified atom stereocenters. The van der Waals surface area contributed by atoms with Crippen molar-refractivity contribution in [2.45, 2.75) is 53.5 Å². The molecule has 0 saturated heterocycles. The molecule has 16 heavy (non-hydrogen) atoms. The molecule has 0 saturated carbocycles. The Morgan fingerprint density at radius 1 is 1.31 bits per heavy atom. The van der Waals surface area contributed by atoms with Crippen LogP contribution in [0.1, 0.15) is 45.9 Å². The van der Waals surface area contributed by atoms with Crippen molar-refractivity contribution in [3.8, 4) is 5.88 Å². The van der Waals surface area contributed by atoms with Crippen LogP contribution in [0.4, 0.5) is 0 Å². The van der Waals surface area contributed by atoms with Gasteiger partial charge in [-0.05, 0) is 6.92 Å². The second-order valence-corrected chi connectivity index (χ2v) is 6.64. The minimum Gasteiger partial charge on any atom is -0.477 e. The van der Waals surface area contributed by atoms with Gasteiger partial charge in [-0.25, -0.2) is 4.68 Å². The lowest BCUT2D eigenvalue weighted by Gasteiger charge is -2.30. The zero-order valence-electron chi connectivity index (χ0n) is 11.2. The largest absolute Gasteiger partial charge is 0.477 e. The fourth-order valence-corrected chi connectivity index (χ4v) is 2.25. The molecule has 2 rings (SSSR count). The van der Waals surface area contributed by atoms with E-state index < -0.39 is 0 Å². The van der Waals surface area contributed by atoms with Gasteiger partial charge in [0.05, 0.1) is 18.8 Å². The number of fused-ring (bicyclic) bond motifs is 1. The van der Waals surface area contributed by atoms with Gasteiger partial charge in [-0.15, -0.1) is 0 Å². The van der Waals surface area contributed by atoms with Crippen LogP contribution in [0.3, 0.4) is 0 Å². The van der Waals surface area contributed by atoms with Crippen LogP contribution in [0.2, 0.25) is 0 Å². The molecule has 1 aromatic rings. The molecule has 3 heteroatoms. The second kappa shape index (κ2) is 3.25. The third-order valence-electron chi connectivity index (χ3n) is 3.02. The first-order chi connectivity index (χ1) is 7.21. The van der Waals surface area contributed by atoms with Gasteiger partial charge >= 0.3 is 0 Å². The van der Waals surface area contributed by atoms with Gasteiger partial charge in [-0.3, -0.25) is 0 Å². The molecule has 1 aliphatic rings. The van der Waals surface area contributed by atoms with E-state index >= 15 is 0 Å². The van der Waals surface area contributed by atoms with E-state index in [0.717, 1.165) is 24.7 Å². The first-order valence-corrected chi connectivity index (χ1v) is 5.91. The molecule has 0 aromatic carbocycles. The molecule has 0 aliphatic carbocycles. The molecule has 0 fully saturated rings.